The van der Waals surface area contributed by atoms with Crippen molar-refractivity contribution in [3.63, 3.8) is 0 Å². The number of hydrogen-bond donors (Lipinski definition) is 0. The molecule has 0 amide bonds. The molecule has 0 N–H and O–H groups in total. The summed E-state index contributed by atoms with van der Waals surface area (Å²) >= 11 is 0. The van der Waals surface area contributed by atoms with Crippen molar-refractivity contribution in [2.75, 3.05) is 13.2 Å². The van der Waals surface area contributed by atoms with Crippen LogP contribution in [0.2, 0.25) is 0 Å². The largest absolute Gasteiger partial charge is 0.458 e. The fourth-order valence-electron chi connectivity index (χ4n) is 0.430. The van der Waals surface area contributed by atoms with E-state index in [2.05, 4.69) is 9.57 Å². The Balaban J connectivity index is 3.76. The highest BCUT2D eigenvalue weighted by Crippen LogP contribution is 1.76. The van der Waals surface area contributed by atoms with Crippen LogP contribution in [-0.2, 0) is 14.4 Å². The molecule has 0 radical (unpaired) electrons. The van der Waals surface area contributed by atoms with E-state index < -0.39 is 5.97 Å². The van der Waals surface area contributed by atoms with E-state index in [1.165, 1.54) is 0 Å². The minimum atomic E-state index is -0.698. The molecule has 0 aromatic rings. The predicted molar refractivity (Wildman–Crippen MR) is 38.0 cm³/mol. The number of carbonyl (C=O) groups excluding carboxylic acids is 1. The monoisotopic (exact) mass is 161 g/mol. The van der Waals surface area contributed by atoms with Crippen LogP contribution in [-0.4, -0.2) is 30.3 Å². The third-order valence-electron chi connectivity index (χ3n) is 0.754. The molecule has 0 saturated carbocycles. The molecule has 11 heavy (non-hydrogen) atoms. The van der Waals surface area contributed by atoms with E-state index in [0.717, 1.165) is 0 Å². The van der Waals surface area contributed by atoms with Crippen molar-refractivity contribution in [1.29, 1.82) is 0 Å². The van der Waals surface area contributed by atoms with E-state index in [-0.39, 0.29) is 18.1 Å². The molecular weight excluding hydrogens is 150 g/mol. The second-order valence-corrected chi connectivity index (χ2v) is 1.58. The summed E-state index contributed by atoms with van der Waals surface area (Å²) in [5.74, 6) is -0.698. The van der Waals surface area contributed by atoms with Crippen molar-refractivity contribution in [2.45, 2.75) is 13.8 Å². The summed E-state index contributed by atoms with van der Waals surface area (Å²) in [6, 6.07) is 0. The van der Waals surface area contributed by atoms with Crippen LogP contribution in [0.15, 0.2) is 0 Å². The van der Waals surface area contributed by atoms with Gasteiger partial charge >= 0.3 is 12.2 Å². The van der Waals surface area contributed by atoms with E-state index >= 15 is 0 Å². The standard InChI is InChI=1S/C6H11NO4/c1-3-10-6(8)5-7(9)11-4-2/h5H,3-4H2,1-2H3/b7-5+. The fourth-order valence-corrected chi connectivity index (χ4v) is 0.430. The molecule has 0 aliphatic heterocycles. The van der Waals surface area contributed by atoms with Gasteiger partial charge in [-0.05, 0) is 6.92 Å². The quantitative estimate of drug-likeness (QED) is 0.253. The molecule has 0 heterocycles. The number of ether oxygens (including phenoxy) is 1. The average molecular weight is 161 g/mol. The maximum Gasteiger partial charge on any atom is 0.401 e. The first-order valence-corrected chi connectivity index (χ1v) is 3.31. The summed E-state index contributed by atoms with van der Waals surface area (Å²) < 4.78 is 4.44. The lowest BCUT2D eigenvalue weighted by Crippen LogP contribution is -2.15. The summed E-state index contributed by atoms with van der Waals surface area (Å²) in [5, 5.41) is 10.5. The van der Waals surface area contributed by atoms with Crippen LogP contribution < -0.4 is 0 Å². The smallest absolute Gasteiger partial charge is 0.401 e. The van der Waals surface area contributed by atoms with Gasteiger partial charge in [-0.2, -0.15) is 0 Å². The highest BCUT2D eigenvalue weighted by Gasteiger charge is 2.03. The lowest BCUT2D eigenvalue weighted by molar-refractivity contribution is -0.737. The van der Waals surface area contributed by atoms with Gasteiger partial charge in [-0.3, -0.25) is 5.21 Å². The lowest BCUT2D eigenvalue weighted by Gasteiger charge is -1.99. The predicted octanol–water partition coefficient (Wildman–Crippen LogP) is 0.0821. The maximum absolute atomic E-state index is 10.5. The van der Waals surface area contributed by atoms with Crippen molar-refractivity contribution >= 4 is 12.2 Å². The molecule has 0 bridgehead atoms. The summed E-state index contributed by atoms with van der Waals surface area (Å²) in [4.78, 5) is 15.0. The van der Waals surface area contributed by atoms with Crippen molar-refractivity contribution < 1.29 is 19.3 Å². The maximum atomic E-state index is 10.5. The summed E-state index contributed by atoms with van der Waals surface area (Å²) in [5.41, 5.74) is 0. The van der Waals surface area contributed by atoms with E-state index in [1.54, 1.807) is 13.8 Å². The number of esters is 1. The van der Waals surface area contributed by atoms with E-state index in [9.17, 15) is 10.0 Å². The summed E-state index contributed by atoms with van der Waals surface area (Å²) in [7, 11) is 0. The van der Waals surface area contributed by atoms with Gasteiger partial charge in [-0.15, -0.1) is 0 Å². The lowest BCUT2D eigenvalue weighted by atomic mass is 10.7. The molecule has 0 saturated heterocycles. The minimum Gasteiger partial charge on any atom is -0.458 e. The number of carbonyl (C=O) groups is 1. The molecule has 0 aromatic heterocycles. The second kappa shape index (κ2) is 5.52. The van der Waals surface area contributed by atoms with Gasteiger partial charge in [0.2, 0.25) is 0 Å². The third kappa shape index (κ3) is 5.20. The van der Waals surface area contributed by atoms with Crippen molar-refractivity contribution in [3.8, 4) is 0 Å². The Labute approximate surface area is 64.8 Å². The van der Waals surface area contributed by atoms with Crippen LogP contribution >= 0.6 is 0 Å². The van der Waals surface area contributed by atoms with Crippen LogP contribution in [0.25, 0.3) is 0 Å². The van der Waals surface area contributed by atoms with Crippen molar-refractivity contribution in [1.82, 2.24) is 0 Å². The number of rotatable bonds is 4. The normalized spacial score (nSPS) is 10.9. The molecule has 5 heteroatoms. The molecular formula is C6H11NO4. The molecule has 0 fully saturated rings. The first-order chi connectivity index (χ1) is 5.20. The third-order valence-corrected chi connectivity index (χ3v) is 0.754. The van der Waals surface area contributed by atoms with Gasteiger partial charge in [0.05, 0.1) is 13.2 Å². The van der Waals surface area contributed by atoms with Gasteiger partial charge in [0.1, 0.15) is 0 Å². The molecule has 0 aromatic carbocycles. The minimum absolute atomic E-state index is 0.0813. The first kappa shape index (κ1) is 9.74. The average Bonchev–Trinajstić information content (AvgIpc) is 1.87. The van der Waals surface area contributed by atoms with Crippen LogP contribution in [0.4, 0.5) is 0 Å². The number of nitrogens with zero attached hydrogens (tertiary/aromatic N) is 1. The zero-order valence-electron chi connectivity index (χ0n) is 6.57. The van der Waals surface area contributed by atoms with Crippen molar-refractivity contribution in [2.24, 2.45) is 0 Å². The fraction of sp³-hybridized carbons (Fsp3) is 0.667. The second-order valence-electron chi connectivity index (χ2n) is 1.58. The van der Waals surface area contributed by atoms with Gasteiger partial charge in [0.25, 0.3) is 0 Å². The Bertz CT molecular complexity index is 155. The molecule has 64 valence electrons. The van der Waals surface area contributed by atoms with Crippen LogP contribution in [0.3, 0.4) is 0 Å². The Morgan fingerprint density at radius 3 is 2.64 bits per heavy atom. The van der Waals surface area contributed by atoms with Gasteiger partial charge in [-0.1, -0.05) is 6.92 Å². The van der Waals surface area contributed by atoms with E-state index in [4.69, 9.17) is 0 Å². The Morgan fingerprint density at radius 1 is 1.55 bits per heavy atom. The van der Waals surface area contributed by atoms with Crippen LogP contribution in [0.1, 0.15) is 13.8 Å². The van der Waals surface area contributed by atoms with Crippen LogP contribution in [0.5, 0.6) is 0 Å². The first-order valence-electron chi connectivity index (χ1n) is 3.31. The van der Waals surface area contributed by atoms with Gasteiger partial charge in [0, 0.05) is 4.90 Å². The summed E-state index contributed by atoms with van der Waals surface area (Å²) in [6.45, 7) is 3.76. The highest BCUT2D eigenvalue weighted by molar-refractivity contribution is 6.20. The Hall–Kier alpha value is -1.26. The summed E-state index contributed by atoms with van der Waals surface area (Å²) in [6.07, 6.45) is 0.701. The molecule has 0 aliphatic carbocycles. The van der Waals surface area contributed by atoms with E-state index in [1.807, 2.05) is 0 Å². The number of hydrogen-bond acceptors (Lipinski definition) is 4. The SMILES string of the molecule is CCOC(=O)/C=[N+](\[O-])OCC. The zero-order chi connectivity index (χ0) is 8.69. The van der Waals surface area contributed by atoms with Gasteiger partial charge in [-0.25, -0.2) is 4.79 Å². The topological polar surface area (TPSA) is 61.6 Å². The van der Waals surface area contributed by atoms with Gasteiger partial charge < -0.3 is 9.57 Å². The highest BCUT2D eigenvalue weighted by atomic mass is 16.9. The molecule has 0 unspecified atom stereocenters. The van der Waals surface area contributed by atoms with Crippen molar-refractivity contribution in [3.05, 3.63) is 5.21 Å². The molecule has 0 rings (SSSR count). The molecule has 0 spiro atoms. The van der Waals surface area contributed by atoms with Crippen LogP contribution in [0, 0.1) is 5.21 Å². The zero-order valence-corrected chi connectivity index (χ0v) is 6.57. The molecule has 5 nitrogen and oxygen atoms in total. The molecule has 0 atom stereocenters. The van der Waals surface area contributed by atoms with E-state index in [0.29, 0.717) is 6.21 Å². The Kier molecular flexibility index (Phi) is 4.89. The molecule has 0 aliphatic rings. The van der Waals surface area contributed by atoms with Gasteiger partial charge in [0.15, 0.2) is 0 Å². The Morgan fingerprint density at radius 2 is 2.18 bits per heavy atom.